The average molecular weight is 273 g/mol. The van der Waals surface area contributed by atoms with Crippen LogP contribution in [-0.2, 0) is 17.8 Å². The molecule has 2 aliphatic heterocycles. The molecule has 0 radical (unpaired) electrons. The van der Waals surface area contributed by atoms with Gasteiger partial charge in [0.25, 0.3) is 5.91 Å². The second-order valence-corrected chi connectivity index (χ2v) is 5.10. The lowest BCUT2D eigenvalue weighted by Gasteiger charge is -2.28. The number of nitrogens with zero attached hydrogens (tertiary/aromatic N) is 3. The highest BCUT2D eigenvalue weighted by Gasteiger charge is 2.24. The fourth-order valence-electron chi connectivity index (χ4n) is 2.70. The van der Waals surface area contributed by atoms with Crippen LogP contribution in [0, 0.1) is 0 Å². The molecular weight excluding hydrogens is 254 g/mol. The first-order valence-corrected chi connectivity index (χ1v) is 7.00. The molecule has 0 aliphatic carbocycles. The third kappa shape index (κ3) is 2.44. The summed E-state index contributed by atoms with van der Waals surface area (Å²) < 4.78 is 0. The van der Waals surface area contributed by atoms with E-state index in [0.717, 1.165) is 62.6 Å². The van der Waals surface area contributed by atoms with Gasteiger partial charge in [0.1, 0.15) is 6.33 Å². The molecule has 0 unspecified atom stereocenters. The van der Waals surface area contributed by atoms with Crippen LogP contribution < -0.4 is 10.6 Å². The van der Waals surface area contributed by atoms with Crippen molar-refractivity contribution in [3.05, 3.63) is 29.9 Å². The quantitative estimate of drug-likeness (QED) is 0.715. The number of piperazine rings is 1. The van der Waals surface area contributed by atoms with E-state index in [0.29, 0.717) is 5.57 Å². The van der Waals surface area contributed by atoms with Crippen LogP contribution in [0.1, 0.15) is 17.0 Å². The number of fused-ring (bicyclic) bond motifs is 1. The van der Waals surface area contributed by atoms with Gasteiger partial charge >= 0.3 is 0 Å². The molecule has 1 aromatic rings. The van der Waals surface area contributed by atoms with E-state index in [-0.39, 0.29) is 5.91 Å². The molecule has 0 aromatic carbocycles. The smallest absolute Gasteiger partial charge is 0.255 e. The summed E-state index contributed by atoms with van der Waals surface area (Å²) in [6, 6.07) is 0. The molecule has 6 nitrogen and oxygen atoms in total. The zero-order valence-electron chi connectivity index (χ0n) is 11.5. The predicted octanol–water partition coefficient (Wildman–Crippen LogP) is -0.433. The summed E-state index contributed by atoms with van der Waals surface area (Å²) in [5.41, 5.74) is 3.27. The van der Waals surface area contributed by atoms with Gasteiger partial charge in [-0.25, -0.2) is 9.97 Å². The van der Waals surface area contributed by atoms with E-state index in [4.69, 9.17) is 0 Å². The molecule has 20 heavy (non-hydrogen) atoms. The normalized spacial score (nSPS) is 18.5. The van der Waals surface area contributed by atoms with Crippen LogP contribution in [0.25, 0.3) is 5.57 Å². The van der Waals surface area contributed by atoms with Gasteiger partial charge in [0, 0.05) is 38.3 Å². The first-order chi connectivity index (χ1) is 9.77. The van der Waals surface area contributed by atoms with Gasteiger partial charge in [-0.1, -0.05) is 6.58 Å². The summed E-state index contributed by atoms with van der Waals surface area (Å²) in [7, 11) is 0. The summed E-state index contributed by atoms with van der Waals surface area (Å²) in [5, 5.41) is 6.52. The number of carbonyl (C=O) groups excluding carboxylic acids is 1. The van der Waals surface area contributed by atoms with Crippen molar-refractivity contribution in [3.8, 4) is 0 Å². The van der Waals surface area contributed by atoms with Crippen LogP contribution in [0.4, 0.5) is 0 Å². The Labute approximate surface area is 118 Å². The second-order valence-electron chi connectivity index (χ2n) is 5.10. The number of rotatable bonds is 2. The van der Waals surface area contributed by atoms with Gasteiger partial charge in [-0.15, -0.1) is 0 Å². The zero-order valence-corrected chi connectivity index (χ0v) is 11.5. The summed E-state index contributed by atoms with van der Waals surface area (Å²) >= 11 is 0. The molecule has 1 aromatic heterocycles. The van der Waals surface area contributed by atoms with Gasteiger partial charge in [-0.3, -0.25) is 4.79 Å². The van der Waals surface area contributed by atoms with E-state index in [2.05, 4.69) is 27.2 Å². The number of amides is 1. The molecular formula is C14H19N5O. The zero-order chi connectivity index (χ0) is 13.9. The van der Waals surface area contributed by atoms with Crippen molar-refractivity contribution in [2.45, 2.75) is 13.0 Å². The van der Waals surface area contributed by atoms with E-state index < -0.39 is 0 Å². The fraction of sp³-hybridized carbons (Fsp3) is 0.500. The van der Waals surface area contributed by atoms with Crippen LogP contribution in [0.2, 0.25) is 0 Å². The van der Waals surface area contributed by atoms with E-state index in [1.165, 1.54) is 6.33 Å². The Hall–Kier alpha value is -1.79. The molecule has 0 spiro atoms. The van der Waals surface area contributed by atoms with Crippen molar-refractivity contribution >= 4 is 11.5 Å². The minimum atomic E-state index is -0.00840. The fourth-order valence-corrected chi connectivity index (χ4v) is 2.70. The van der Waals surface area contributed by atoms with Gasteiger partial charge in [0.05, 0.1) is 17.0 Å². The van der Waals surface area contributed by atoms with E-state index in [1.807, 2.05) is 4.90 Å². The molecule has 106 valence electrons. The summed E-state index contributed by atoms with van der Waals surface area (Å²) in [6.45, 7) is 8.75. The molecule has 0 saturated carbocycles. The highest BCUT2D eigenvalue weighted by molar-refractivity contribution is 6.18. The lowest BCUT2D eigenvalue weighted by Crippen LogP contribution is -2.46. The largest absolute Gasteiger partial charge is 0.336 e. The first kappa shape index (κ1) is 13.2. The van der Waals surface area contributed by atoms with E-state index in [1.54, 1.807) is 0 Å². The molecule has 0 atom stereocenters. The topological polar surface area (TPSA) is 70.2 Å². The highest BCUT2D eigenvalue weighted by Crippen LogP contribution is 2.22. The lowest BCUT2D eigenvalue weighted by molar-refractivity contribution is -0.125. The van der Waals surface area contributed by atoms with Crippen molar-refractivity contribution in [1.29, 1.82) is 0 Å². The van der Waals surface area contributed by atoms with Gasteiger partial charge in [0.2, 0.25) is 0 Å². The van der Waals surface area contributed by atoms with Crippen LogP contribution in [0.5, 0.6) is 0 Å². The number of carbonyl (C=O) groups is 1. The van der Waals surface area contributed by atoms with Gasteiger partial charge in [0.15, 0.2) is 0 Å². The predicted molar refractivity (Wildman–Crippen MR) is 75.9 cm³/mol. The molecule has 6 heteroatoms. The average Bonchev–Trinajstić information content (AvgIpc) is 2.54. The third-order valence-electron chi connectivity index (χ3n) is 3.83. The van der Waals surface area contributed by atoms with E-state index in [9.17, 15) is 4.79 Å². The second kappa shape index (κ2) is 5.68. The Balaban J connectivity index is 1.85. The SMILES string of the molecule is C=C(C(=O)N1CCNCC1)c1ncnc2c1CCNC2. The Morgan fingerprint density at radius 1 is 1.20 bits per heavy atom. The standard InChI is InChI=1S/C14H19N5O/c1-10(14(20)19-6-4-15-5-7-19)13-11-2-3-16-8-12(11)17-9-18-13/h9,15-16H,1-8H2. The minimum absolute atomic E-state index is 0.00840. The molecule has 2 aliphatic rings. The number of hydrogen-bond donors (Lipinski definition) is 2. The molecule has 1 fully saturated rings. The minimum Gasteiger partial charge on any atom is -0.336 e. The number of hydrogen-bond acceptors (Lipinski definition) is 5. The maximum absolute atomic E-state index is 12.5. The maximum atomic E-state index is 12.5. The highest BCUT2D eigenvalue weighted by atomic mass is 16.2. The molecule has 3 rings (SSSR count). The van der Waals surface area contributed by atoms with E-state index >= 15 is 0 Å². The third-order valence-corrected chi connectivity index (χ3v) is 3.83. The van der Waals surface area contributed by atoms with Crippen molar-refractivity contribution in [1.82, 2.24) is 25.5 Å². The van der Waals surface area contributed by atoms with Crippen LogP contribution in [0.15, 0.2) is 12.9 Å². The monoisotopic (exact) mass is 273 g/mol. The molecule has 2 N–H and O–H groups in total. The van der Waals surface area contributed by atoms with Gasteiger partial charge in [-0.2, -0.15) is 0 Å². The molecule has 1 saturated heterocycles. The Bertz CT molecular complexity index is 536. The summed E-state index contributed by atoms with van der Waals surface area (Å²) in [6.07, 6.45) is 2.37. The number of nitrogens with one attached hydrogen (secondary N) is 2. The molecule has 1 amide bonds. The van der Waals surface area contributed by atoms with Gasteiger partial charge in [-0.05, 0) is 13.0 Å². The Morgan fingerprint density at radius 2 is 2.00 bits per heavy atom. The summed E-state index contributed by atoms with van der Waals surface area (Å²) in [4.78, 5) is 22.9. The Kier molecular flexibility index (Phi) is 3.75. The first-order valence-electron chi connectivity index (χ1n) is 7.00. The maximum Gasteiger partial charge on any atom is 0.255 e. The van der Waals surface area contributed by atoms with Crippen molar-refractivity contribution in [3.63, 3.8) is 0 Å². The van der Waals surface area contributed by atoms with Crippen LogP contribution in [0.3, 0.4) is 0 Å². The Morgan fingerprint density at radius 3 is 2.80 bits per heavy atom. The van der Waals surface area contributed by atoms with Crippen molar-refractivity contribution in [2.75, 3.05) is 32.7 Å². The van der Waals surface area contributed by atoms with Crippen molar-refractivity contribution in [2.24, 2.45) is 0 Å². The lowest BCUT2D eigenvalue weighted by atomic mass is 9.99. The van der Waals surface area contributed by atoms with Crippen LogP contribution in [-0.4, -0.2) is 53.5 Å². The number of aromatic nitrogens is 2. The molecule has 0 bridgehead atoms. The van der Waals surface area contributed by atoms with Crippen LogP contribution >= 0.6 is 0 Å². The van der Waals surface area contributed by atoms with Gasteiger partial charge < -0.3 is 15.5 Å². The summed E-state index contributed by atoms with van der Waals surface area (Å²) in [5.74, 6) is -0.00840. The van der Waals surface area contributed by atoms with Crippen molar-refractivity contribution < 1.29 is 4.79 Å². The molecule has 3 heterocycles.